The summed E-state index contributed by atoms with van der Waals surface area (Å²) in [4.78, 5) is 20.0. The molecule has 2 aliphatic heterocycles. The van der Waals surface area contributed by atoms with Gasteiger partial charge in [-0.2, -0.15) is 0 Å². The van der Waals surface area contributed by atoms with E-state index in [1.54, 1.807) is 11.3 Å². The van der Waals surface area contributed by atoms with Gasteiger partial charge in [0.2, 0.25) is 5.91 Å². The third-order valence-electron chi connectivity index (χ3n) is 6.12. The maximum Gasteiger partial charge on any atom is 0.226 e. The van der Waals surface area contributed by atoms with Gasteiger partial charge in [-0.25, -0.2) is 4.98 Å². The monoisotopic (exact) mass is 412 g/mol. The van der Waals surface area contributed by atoms with Crippen molar-refractivity contribution >= 4 is 50.4 Å². The van der Waals surface area contributed by atoms with Gasteiger partial charge in [0, 0.05) is 41.0 Å². The molecule has 2 aliphatic rings. The summed E-state index contributed by atoms with van der Waals surface area (Å²) in [6.07, 6.45) is 4.43. The van der Waals surface area contributed by atoms with Crippen molar-refractivity contribution in [1.82, 2.24) is 10.3 Å². The molecule has 2 fully saturated rings. The number of thiophene rings is 1. The van der Waals surface area contributed by atoms with Crippen LogP contribution in [0.25, 0.3) is 20.5 Å². The number of nitrogens with zero attached hydrogens (tertiary/aromatic N) is 2. The highest BCUT2D eigenvalue weighted by Gasteiger charge is 2.44. The van der Waals surface area contributed by atoms with Crippen LogP contribution in [0.5, 0.6) is 0 Å². The third-order valence-corrected chi connectivity index (χ3v) is 7.64. The average molecular weight is 413 g/mol. The second kappa shape index (κ2) is 6.64. The quantitative estimate of drug-likeness (QED) is 0.658. The number of piperidine rings is 1. The molecular formula is C21H21ClN4OS. The van der Waals surface area contributed by atoms with Gasteiger partial charge in [-0.15, -0.1) is 11.3 Å². The van der Waals surface area contributed by atoms with E-state index >= 15 is 0 Å². The minimum absolute atomic E-state index is 0.206. The minimum atomic E-state index is -0.209. The van der Waals surface area contributed by atoms with Crippen LogP contribution in [0.2, 0.25) is 5.02 Å². The lowest BCUT2D eigenvalue weighted by Gasteiger charge is -2.39. The number of hydrogen-bond donors (Lipinski definition) is 2. The van der Waals surface area contributed by atoms with E-state index in [2.05, 4.69) is 39.5 Å². The molecule has 4 heterocycles. The number of nitrogens with one attached hydrogen (secondary N) is 1. The van der Waals surface area contributed by atoms with Crippen molar-refractivity contribution < 1.29 is 4.79 Å². The normalized spacial score (nSPS) is 18.8. The molecule has 5 rings (SSSR count). The van der Waals surface area contributed by atoms with Gasteiger partial charge >= 0.3 is 0 Å². The maximum atomic E-state index is 12.3. The van der Waals surface area contributed by atoms with Crippen LogP contribution < -0.4 is 16.0 Å². The molecule has 2 saturated heterocycles. The number of carbonyl (C=O) groups excluding carboxylic acids is 1. The third kappa shape index (κ3) is 2.74. The number of hydrogen-bond acceptors (Lipinski definition) is 5. The van der Waals surface area contributed by atoms with Gasteiger partial charge in [0.15, 0.2) is 0 Å². The van der Waals surface area contributed by atoms with Crippen molar-refractivity contribution in [2.24, 2.45) is 5.41 Å². The summed E-state index contributed by atoms with van der Waals surface area (Å²) in [6.45, 7) is 2.36. The van der Waals surface area contributed by atoms with Gasteiger partial charge in [0.05, 0.1) is 11.1 Å². The number of aromatic nitrogens is 1. The van der Waals surface area contributed by atoms with Crippen LogP contribution in [0.15, 0.2) is 36.5 Å². The van der Waals surface area contributed by atoms with Crippen molar-refractivity contribution in [3.63, 3.8) is 0 Å². The first-order valence-electron chi connectivity index (χ1n) is 9.54. The Balaban J connectivity index is 1.54. The SMILES string of the molecule is Nc1ncc(-c2cc3ccccc3s2)c(N2CCC3(CCNC3=O)CC2)c1Cl. The Bertz CT molecular complexity index is 1040. The number of nitrogens with two attached hydrogens (primary N) is 1. The van der Waals surface area contributed by atoms with E-state index in [1.165, 1.54) is 10.1 Å². The highest BCUT2D eigenvalue weighted by Crippen LogP contribution is 2.46. The van der Waals surface area contributed by atoms with Gasteiger partial charge in [0.25, 0.3) is 0 Å². The topological polar surface area (TPSA) is 71.2 Å². The number of halogens is 1. The predicted octanol–water partition coefficient (Wildman–Crippen LogP) is 4.31. The number of carbonyl (C=O) groups is 1. The molecule has 5 nitrogen and oxygen atoms in total. The van der Waals surface area contributed by atoms with Crippen LogP contribution in [-0.2, 0) is 4.79 Å². The molecular weight excluding hydrogens is 392 g/mol. The zero-order chi connectivity index (χ0) is 19.3. The zero-order valence-electron chi connectivity index (χ0n) is 15.4. The van der Waals surface area contributed by atoms with Crippen molar-refractivity contribution in [1.29, 1.82) is 0 Å². The lowest BCUT2D eigenvalue weighted by molar-refractivity contribution is -0.128. The Morgan fingerprint density at radius 2 is 2.00 bits per heavy atom. The molecule has 3 aromatic rings. The highest BCUT2D eigenvalue weighted by molar-refractivity contribution is 7.22. The van der Waals surface area contributed by atoms with E-state index in [1.807, 2.05) is 12.3 Å². The fraction of sp³-hybridized carbons (Fsp3) is 0.333. The highest BCUT2D eigenvalue weighted by atomic mass is 35.5. The van der Waals surface area contributed by atoms with Gasteiger partial charge in [-0.1, -0.05) is 29.8 Å². The van der Waals surface area contributed by atoms with E-state index in [4.69, 9.17) is 17.3 Å². The summed E-state index contributed by atoms with van der Waals surface area (Å²) in [5.74, 6) is 0.553. The molecule has 0 unspecified atom stereocenters. The largest absolute Gasteiger partial charge is 0.382 e. The lowest BCUT2D eigenvalue weighted by atomic mass is 9.77. The molecule has 1 spiro atoms. The number of pyridine rings is 1. The van der Waals surface area contributed by atoms with Crippen molar-refractivity contribution in [3.8, 4) is 10.4 Å². The molecule has 2 aromatic heterocycles. The molecule has 28 heavy (non-hydrogen) atoms. The van der Waals surface area contributed by atoms with Gasteiger partial charge < -0.3 is 16.0 Å². The molecule has 0 radical (unpaired) electrons. The number of anilines is 2. The number of fused-ring (bicyclic) bond motifs is 1. The summed E-state index contributed by atoms with van der Waals surface area (Å²) in [5, 5.41) is 4.71. The van der Waals surface area contributed by atoms with E-state index in [-0.39, 0.29) is 11.3 Å². The van der Waals surface area contributed by atoms with Crippen LogP contribution in [0.4, 0.5) is 11.5 Å². The first kappa shape index (κ1) is 17.8. The molecule has 0 aliphatic carbocycles. The van der Waals surface area contributed by atoms with E-state index in [0.29, 0.717) is 10.8 Å². The smallest absolute Gasteiger partial charge is 0.226 e. The standard InChI is InChI=1S/C21H21ClN4OS/c22-17-18(26-9-6-21(7-10-26)5-8-24-20(21)27)14(12-25-19(17)23)16-11-13-3-1-2-4-15(13)28-16/h1-4,11-12H,5-10H2,(H2,23,25)(H,24,27). The molecule has 3 N–H and O–H groups in total. The fourth-order valence-corrected chi connectivity index (χ4v) is 5.79. The first-order chi connectivity index (χ1) is 13.6. The number of nitrogen functional groups attached to an aromatic ring is 1. The number of amides is 1. The molecule has 1 aromatic carbocycles. The van der Waals surface area contributed by atoms with Crippen molar-refractivity contribution in [3.05, 3.63) is 41.6 Å². The Morgan fingerprint density at radius 1 is 1.21 bits per heavy atom. The number of benzene rings is 1. The van der Waals surface area contributed by atoms with Crippen LogP contribution in [0, 0.1) is 5.41 Å². The second-order valence-electron chi connectivity index (χ2n) is 7.64. The maximum absolute atomic E-state index is 12.3. The zero-order valence-corrected chi connectivity index (χ0v) is 16.9. The average Bonchev–Trinajstić information content (AvgIpc) is 3.29. The van der Waals surface area contributed by atoms with Crippen LogP contribution >= 0.6 is 22.9 Å². The molecule has 144 valence electrons. The molecule has 0 saturated carbocycles. The summed E-state index contributed by atoms with van der Waals surface area (Å²) >= 11 is 8.39. The molecule has 0 bridgehead atoms. The predicted molar refractivity (Wildman–Crippen MR) is 116 cm³/mol. The van der Waals surface area contributed by atoms with Crippen molar-refractivity contribution in [2.45, 2.75) is 19.3 Å². The Morgan fingerprint density at radius 3 is 2.71 bits per heavy atom. The first-order valence-corrected chi connectivity index (χ1v) is 10.7. The summed E-state index contributed by atoms with van der Waals surface area (Å²) in [7, 11) is 0. The minimum Gasteiger partial charge on any atom is -0.382 e. The van der Waals surface area contributed by atoms with E-state index in [9.17, 15) is 4.79 Å². The van der Waals surface area contributed by atoms with Gasteiger partial charge in [0.1, 0.15) is 10.8 Å². The summed E-state index contributed by atoms with van der Waals surface area (Å²) in [6, 6.07) is 10.5. The Kier molecular flexibility index (Phi) is 4.21. The molecule has 0 atom stereocenters. The number of rotatable bonds is 2. The summed E-state index contributed by atoms with van der Waals surface area (Å²) in [5.41, 5.74) is 7.79. The Labute approximate surface area is 172 Å². The summed E-state index contributed by atoms with van der Waals surface area (Å²) < 4.78 is 1.23. The second-order valence-corrected chi connectivity index (χ2v) is 9.10. The van der Waals surface area contributed by atoms with Crippen molar-refractivity contribution in [2.75, 3.05) is 30.3 Å². The van der Waals surface area contributed by atoms with Gasteiger partial charge in [-0.05, 0) is 36.8 Å². The van der Waals surface area contributed by atoms with E-state index < -0.39 is 0 Å². The van der Waals surface area contributed by atoms with Crippen LogP contribution in [-0.4, -0.2) is 30.5 Å². The molecule has 1 amide bonds. The Hall–Kier alpha value is -2.31. The lowest BCUT2D eigenvalue weighted by Crippen LogP contribution is -2.44. The van der Waals surface area contributed by atoms with Crippen LogP contribution in [0.1, 0.15) is 19.3 Å². The van der Waals surface area contributed by atoms with Crippen LogP contribution in [0.3, 0.4) is 0 Å². The fourth-order valence-electron chi connectivity index (χ4n) is 4.45. The van der Waals surface area contributed by atoms with Gasteiger partial charge in [-0.3, -0.25) is 4.79 Å². The van der Waals surface area contributed by atoms with E-state index in [0.717, 1.165) is 55.0 Å². The molecule has 7 heteroatoms.